The van der Waals surface area contributed by atoms with Crippen LogP contribution < -0.4 is 16.2 Å². The zero-order valence-corrected chi connectivity index (χ0v) is 26.3. The molecule has 0 saturated carbocycles. The highest BCUT2D eigenvalue weighted by Crippen LogP contribution is 2.38. The molecule has 3 amide bonds. The standard InChI is InChI=1S/C33H33N5O5S2/c1-22(39)35-36-32(41)30-28-16-17-37(19-23-7-3-2-4-8-23)21-29(28)44-33(30)34-31(40)25-11-13-27(14-12-25)45(42,43)38-18-15-24-9-5-6-10-26(24)20-38/h2-14H,15-21H2,1H3,(H,34,40)(H,35,39)(H,36,41). The summed E-state index contributed by atoms with van der Waals surface area (Å²) in [5, 5.41) is 3.25. The molecule has 3 aromatic carbocycles. The fraction of sp³-hybridized carbons (Fsp3) is 0.242. The quantitative estimate of drug-likeness (QED) is 0.261. The lowest BCUT2D eigenvalue weighted by molar-refractivity contribution is -0.119. The maximum atomic E-state index is 13.4. The smallest absolute Gasteiger partial charge is 0.272 e. The molecule has 0 spiro atoms. The van der Waals surface area contributed by atoms with Crippen LogP contribution >= 0.6 is 11.3 Å². The Morgan fingerprint density at radius 3 is 2.24 bits per heavy atom. The lowest BCUT2D eigenvalue weighted by Gasteiger charge is -2.28. The number of benzene rings is 3. The van der Waals surface area contributed by atoms with E-state index in [0.717, 1.165) is 34.7 Å². The van der Waals surface area contributed by atoms with Crippen molar-refractivity contribution in [2.75, 3.05) is 18.4 Å². The molecule has 0 unspecified atom stereocenters. The van der Waals surface area contributed by atoms with E-state index in [1.165, 1.54) is 52.4 Å². The molecule has 2 aliphatic heterocycles. The number of rotatable bonds is 7. The van der Waals surface area contributed by atoms with E-state index in [9.17, 15) is 22.8 Å². The third-order valence-corrected chi connectivity index (χ3v) is 11.0. The van der Waals surface area contributed by atoms with Gasteiger partial charge in [0.15, 0.2) is 0 Å². The average molecular weight is 644 g/mol. The average Bonchev–Trinajstić information content (AvgIpc) is 3.40. The highest BCUT2D eigenvalue weighted by molar-refractivity contribution is 7.89. The van der Waals surface area contributed by atoms with Crippen molar-refractivity contribution < 1.29 is 22.8 Å². The van der Waals surface area contributed by atoms with Gasteiger partial charge in [0, 0.05) is 50.1 Å². The number of anilines is 1. The van der Waals surface area contributed by atoms with Gasteiger partial charge < -0.3 is 5.32 Å². The number of thiophene rings is 1. The number of hydrogen-bond acceptors (Lipinski definition) is 7. The van der Waals surface area contributed by atoms with E-state index < -0.39 is 27.7 Å². The third kappa shape index (κ3) is 6.69. The van der Waals surface area contributed by atoms with Gasteiger partial charge in [0.1, 0.15) is 5.00 Å². The first-order chi connectivity index (χ1) is 21.7. The molecule has 0 atom stereocenters. The molecule has 3 heterocycles. The Morgan fingerprint density at radius 2 is 1.51 bits per heavy atom. The van der Waals surface area contributed by atoms with Crippen LogP contribution in [0.2, 0.25) is 0 Å². The SMILES string of the molecule is CC(=O)NNC(=O)c1c(NC(=O)c2ccc(S(=O)(=O)N3CCc4ccccc4C3)cc2)sc2c1CCN(Cc1ccccc1)C2. The topological polar surface area (TPSA) is 128 Å². The highest BCUT2D eigenvalue weighted by atomic mass is 32.2. The van der Waals surface area contributed by atoms with Crippen molar-refractivity contribution in [3.05, 3.63) is 117 Å². The van der Waals surface area contributed by atoms with Gasteiger partial charge in [0.2, 0.25) is 15.9 Å². The Bertz CT molecular complexity index is 1860. The second-order valence-electron chi connectivity index (χ2n) is 11.1. The minimum absolute atomic E-state index is 0.110. The Balaban J connectivity index is 1.20. The van der Waals surface area contributed by atoms with E-state index in [0.29, 0.717) is 43.0 Å². The molecule has 0 saturated heterocycles. The lowest BCUT2D eigenvalue weighted by Crippen LogP contribution is -2.41. The second-order valence-corrected chi connectivity index (χ2v) is 14.2. The van der Waals surface area contributed by atoms with Crippen LogP contribution in [0, 0.1) is 0 Å². The number of amides is 3. The van der Waals surface area contributed by atoms with Gasteiger partial charge in [-0.1, -0.05) is 54.6 Å². The fourth-order valence-corrected chi connectivity index (χ4v) is 8.45. The summed E-state index contributed by atoms with van der Waals surface area (Å²) in [6.07, 6.45) is 1.24. The first-order valence-corrected chi connectivity index (χ1v) is 16.9. The van der Waals surface area contributed by atoms with Crippen LogP contribution in [0.3, 0.4) is 0 Å². The summed E-state index contributed by atoms with van der Waals surface area (Å²) < 4.78 is 28.3. The molecule has 12 heteroatoms. The monoisotopic (exact) mass is 643 g/mol. The predicted octanol–water partition coefficient (Wildman–Crippen LogP) is 4.09. The van der Waals surface area contributed by atoms with Gasteiger partial charge in [0.25, 0.3) is 11.8 Å². The van der Waals surface area contributed by atoms with Crippen molar-refractivity contribution >= 4 is 44.1 Å². The lowest BCUT2D eigenvalue weighted by atomic mass is 10.0. The van der Waals surface area contributed by atoms with Gasteiger partial charge in [-0.3, -0.25) is 30.1 Å². The van der Waals surface area contributed by atoms with Crippen molar-refractivity contribution in [2.24, 2.45) is 0 Å². The molecule has 3 N–H and O–H groups in total. The number of sulfonamides is 1. The number of nitrogens with one attached hydrogen (secondary N) is 3. The molecular weight excluding hydrogens is 611 g/mol. The molecule has 2 aliphatic rings. The van der Waals surface area contributed by atoms with E-state index in [-0.39, 0.29) is 10.5 Å². The molecule has 45 heavy (non-hydrogen) atoms. The van der Waals surface area contributed by atoms with E-state index in [1.807, 2.05) is 42.5 Å². The van der Waals surface area contributed by atoms with E-state index >= 15 is 0 Å². The summed E-state index contributed by atoms with van der Waals surface area (Å²) in [7, 11) is -3.76. The molecule has 1 aromatic heterocycles. The minimum atomic E-state index is -3.76. The van der Waals surface area contributed by atoms with Crippen LogP contribution in [0.4, 0.5) is 5.00 Å². The zero-order valence-electron chi connectivity index (χ0n) is 24.7. The van der Waals surface area contributed by atoms with Crippen LogP contribution in [0.1, 0.15) is 54.8 Å². The molecule has 6 rings (SSSR count). The first kappa shape index (κ1) is 30.7. The van der Waals surface area contributed by atoms with E-state index in [2.05, 4.69) is 33.2 Å². The number of hydrogen-bond donors (Lipinski definition) is 3. The Hall–Kier alpha value is -4.36. The summed E-state index contributed by atoms with van der Waals surface area (Å²) in [6.45, 7) is 4.07. The Morgan fingerprint density at radius 1 is 0.800 bits per heavy atom. The zero-order chi connectivity index (χ0) is 31.6. The number of fused-ring (bicyclic) bond motifs is 2. The fourth-order valence-electron chi connectivity index (χ4n) is 5.75. The largest absolute Gasteiger partial charge is 0.313 e. The number of carbonyl (C=O) groups excluding carboxylic acids is 3. The molecule has 0 fully saturated rings. The van der Waals surface area contributed by atoms with Crippen molar-refractivity contribution in [3.63, 3.8) is 0 Å². The molecule has 0 bridgehead atoms. The van der Waals surface area contributed by atoms with Gasteiger partial charge in [-0.2, -0.15) is 4.31 Å². The molecule has 232 valence electrons. The van der Waals surface area contributed by atoms with Gasteiger partial charge in [-0.15, -0.1) is 11.3 Å². The Kier molecular flexibility index (Phi) is 8.81. The molecule has 0 aliphatic carbocycles. The molecule has 4 aromatic rings. The van der Waals surface area contributed by atoms with Crippen molar-refractivity contribution in [1.29, 1.82) is 0 Å². The van der Waals surface area contributed by atoms with E-state index in [4.69, 9.17) is 0 Å². The minimum Gasteiger partial charge on any atom is -0.313 e. The van der Waals surface area contributed by atoms with Crippen LogP contribution in [0.15, 0.2) is 83.8 Å². The molecule has 0 radical (unpaired) electrons. The van der Waals surface area contributed by atoms with Gasteiger partial charge in [-0.25, -0.2) is 8.42 Å². The van der Waals surface area contributed by atoms with Crippen molar-refractivity contribution in [1.82, 2.24) is 20.1 Å². The number of carbonyl (C=O) groups is 3. The number of nitrogens with zero attached hydrogens (tertiary/aromatic N) is 2. The summed E-state index contributed by atoms with van der Waals surface area (Å²) >= 11 is 1.33. The second kappa shape index (κ2) is 12.9. The third-order valence-electron chi connectivity index (χ3n) is 8.04. The first-order valence-electron chi connectivity index (χ1n) is 14.6. The summed E-state index contributed by atoms with van der Waals surface area (Å²) in [4.78, 5) is 41.5. The summed E-state index contributed by atoms with van der Waals surface area (Å²) in [5.74, 6) is -1.41. The maximum absolute atomic E-state index is 13.4. The normalized spacial score (nSPS) is 15.0. The van der Waals surface area contributed by atoms with Gasteiger partial charge in [0.05, 0.1) is 10.5 Å². The molecule has 10 nitrogen and oxygen atoms in total. The van der Waals surface area contributed by atoms with Crippen LogP contribution in [0.5, 0.6) is 0 Å². The van der Waals surface area contributed by atoms with E-state index in [1.54, 1.807) is 0 Å². The molecular formula is C33H33N5O5S2. The predicted molar refractivity (Wildman–Crippen MR) is 172 cm³/mol. The Labute approximate surface area is 266 Å². The number of hydrazine groups is 1. The highest BCUT2D eigenvalue weighted by Gasteiger charge is 2.30. The van der Waals surface area contributed by atoms with Crippen molar-refractivity contribution in [2.45, 2.75) is 44.3 Å². The maximum Gasteiger partial charge on any atom is 0.272 e. The van der Waals surface area contributed by atoms with Crippen LogP contribution in [-0.4, -0.2) is 48.4 Å². The summed E-state index contributed by atoms with van der Waals surface area (Å²) in [5.41, 5.74) is 9.50. The van der Waals surface area contributed by atoms with Crippen molar-refractivity contribution in [3.8, 4) is 0 Å². The van der Waals surface area contributed by atoms with Crippen LogP contribution in [-0.2, 0) is 47.3 Å². The van der Waals surface area contributed by atoms with Gasteiger partial charge in [-0.05, 0) is 59.4 Å². The van der Waals surface area contributed by atoms with Gasteiger partial charge >= 0.3 is 0 Å². The summed E-state index contributed by atoms with van der Waals surface area (Å²) in [6, 6.07) is 23.8. The van der Waals surface area contributed by atoms with Crippen LogP contribution in [0.25, 0.3) is 0 Å².